The van der Waals surface area contributed by atoms with Crippen LogP contribution in [-0.4, -0.2) is 32.7 Å². The molecule has 1 N–H and O–H groups in total. The van der Waals surface area contributed by atoms with Gasteiger partial charge in [-0.05, 0) is 30.3 Å². The minimum atomic E-state index is -3.78. The van der Waals surface area contributed by atoms with Gasteiger partial charge < -0.3 is 5.32 Å². The van der Waals surface area contributed by atoms with E-state index in [1.807, 2.05) is 0 Å². The second-order valence-electron chi connectivity index (χ2n) is 4.99. The Morgan fingerprint density at radius 2 is 1.71 bits per heavy atom. The van der Waals surface area contributed by atoms with Crippen LogP contribution in [0, 0.1) is 0 Å². The van der Waals surface area contributed by atoms with E-state index in [0.29, 0.717) is 10.7 Å². The molecule has 0 bridgehead atoms. The number of benzene rings is 2. The van der Waals surface area contributed by atoms with Gasteiger partial charge in [0.2, 0.25) is 10.0 Å². The number of anilines is 1. The van der Waals surface area contributed by atoms with Gasteiger partial charge in [0.1, 0.15) is 4.90 Å². The monoisotopic (exact) mass is 406 g/mol. The highest BCUT2D eigenvalue weighted by molar-refractivity contribution is 7.89. The molecule has 5 nitrogen and oxygen atoms in total. The van der Waals surface area contributed by atoms with Crippen LogP contribution >= 0.6 is 34.8 Å². The molecule has 0 aliphatic rings. The van der Waals surface area contributed by atoms with Crippen molar-refractivity contribution in [3.05, 3.63) is 57.0 Å². The lowest BCUT2D eigenvalue weighted by Gasteiger charge is -2.14. The Labute approximate surface area is 155 Å². The highest BCUT2D eigenvalue weighted by atomic mass is 35.5. The first-order valence-corrected chi connectivity index (χ1v) is 9.19. The first kappa shape index (κ1) is 19.0. The highest BCUT2D eigenvalue weighted by Gasteiger charge is 2.22. The maximum absolute atomic E-state index is 12.4. The average Bonchev–Trinajstić information content (AvgIpc) is 2.51. The molecule has 0 saturated carbocycles. The number of rotatable bonds is 4. The summed E-state index contributed by atoms with van der Waals surface area (Å²) < 4.78 is 25.5. The Hall–Kier alpha value is -1.31. The molecule has 2 aromatic carbocycles. The van der Waals surface area contributed by atoms with E-state index in [4.69, 9.17) is 34.8 Å². The summed E-state index contributed by atoms with van der Waals surface area (Å²) in [5, 5.41) is 3.11. The van der Waals surface area contributed by atoms with Gasteiger partial charge in [0, 0.05) is 19.7 Å². The molecule has 0 fully saturated rings. The van der Waals surface area contributed by atoms with E-state index < -0.39 is 15.9 Å². The lowest BCUT2D eigenvalue weighted by Crippen LogP contribution is -2.23. The van der Waals surface area contributed by atoms with Crippen molar-refractivity contribution in [1.82, 2.24) is 4.31 Å². The van der Waals surface area contributed by atoms with Crippen molar-refractivity contribution in [3.8, 4) is 0 Å². The van der Waals surface area contributed by atoms with Crippen LogP contribution in [0.1, 0.15) is 10.4 Å². The van der Waals surface area contributed by atoms with E-state index in [0.717, 1.165) is 4.31 Å². The molecule has 2 aromatic rings. The summed E-state index contributed by atoms with van der Waals surface area (Å²) in [6.07, 6.45) is 0. The fourth-order valence-corrected chi connectivity index (χ4v) is 3.58. The van der Waals surface area contributed by atoms with Crippen LogP contribution in [0.2, 0.25) is 15.1 Å². The minimum absolute atomic E-state index is 0.0287. The van der Waals surface area contributed by atoms with Crippen molar-refractivity contribution < 1.29 is 13.2 Å². The van der Waals surface area contributed by atoms with Gasteiger partial charge >= 0.3 is 0 Å². The molecular formula is C15H13Cl3N2O3S. The lowest BCUT2D eigenvalue weighted by atomic mass is 10.2. The van der Waals surface area contributed by atoms with E-state index in [9.17, 15) is 13.2 Å². The van der Waals surface area contributed by atoms with Crippen molar-refractivity contribution in [3.63, 3.8) is 0 Å². The van der Waals surface area contributed by atoms with Gasteiger partial charge in [-0.25, -0.2) is 12.7 Å². The van der Waals surface area contributed by atoms with E-state index in [2.05, 4.69) is 5.32 Å². The highest BCUT2D eigenvalue weighted by Crippen LogP contribution is 2.30. The lowest BCUT2D eigenvalue weighted by molar-refractivity contribution is 0.102. The first-order valence-electron chi connectivity index (χ1n) is 6.62. The largest absolute Gasteiger partial charge is 0.321 e. The van der Waals surface area contributed by atoms with E-state index in [1.54, 1.807) is 18.2 Å². The van der Waals surface area contributed by atoms with Gasteiger partial charge in [0.05, 0.1) is 20.8 Å². The third-order valence-electron chi connectivity index (χ3n) is 3.15. The molecule has 0 radical (unpaired) electrons. The maximum atomic E-state index is 12.4. The van der Waals surface area contributed by atoms with Crippen LogP contribution in [0.5, 0.6) is 0 Å². The zero-order valence-corrected chi connectivity index (χ0v) is 15.8. The topological polar surface area (TPSA) is 66.5 Å². The number of nitrogens with one attached hydrogen (secondary N) is 1. The fourth-order valence-electron chi connectivity index (χ4n) is 1.83. The predicted molar refractivity (Wildman–Crippen MR) is 96.7 cm³/mol. The summed E-state index contributed by atoms with van der Waals surface area (Å²) >= 11 is 17.9. The summed E-state index contributed by atoms with van der Waals surface area (Å²) in [6.45, 7) is 0. The van der Waals surface area contributed by atoms with Crippen molar-refractivity contribution in [2.45, 2.75) is 4.90 Å². The number of hydrogen-bond acceptors (Lipinski definition) is 3. The zero-order chi connectivity index (χ0) is 18.1. The van der Waals surface area contributed by atoms with Gasteiger partial charge in [0.15, 0.2) is 0 Å². The van der Waals surface area contributed by atoms with E-state index >= 15 is 0 Å². The molecule has 0 heterocycles. The molecule has 0 unspecified atom stereocenters. The molecule has 128 valence electrons. The Balaban J connectivity index is 2.40. The Morgan fingerprint density at radius 1 is 1.04 bits per heavy atom. The number of sulfonamides is 1. The SMILES string of the molecule is CN(C)S(=O)(=O)c1cc(C(=O)Nc2cccc(Cl)c2Cl)ccc1Cl. The molecule has 24 heavy (non-hydrogen) atoms. The minimum Gasteiger partial charge on any atom is -0.321 e. The van der Waals surface area contributed by atoms with Gasteiger partial charge in [-0.1, -0.05) is 40.9 Å². The smallest absolute Gasteiger partial charge is 0.255 e. The summed E-state index contributed by atoms with van der Waals surface area (Å²) in [4.78, 5) is 12.2. The Morgan fingerprint density at radius 3 is 2.33 bits per heavy atom. The van der Waals surface area contributed by atoms with Crippen LogP contribution in [0.3, 0.4) is 0 Å². The Bertz CT molecular complexity index is 899. The molecule has 0 saturated heterocycles. The van der Waals surface area contributed by atoms with Crippen LogP contribution in [0.15, 0.2) is 41.3 Å². The maximum Gasteiger partial charge on any atom is 0.255 e. The number of amides is 1. The van der Waals surface area contributed by atoms with Gasteiger partial charge in [-0.15, -0.1) is 0 Å². The van der Waals surface area contributed by atoms with Gasteiger partial charge in [0.25, 0.3) is 5.91 Å². The van der Waals surface area contributed by atoms with Crippen molar-refractivity contribution in [1.29, 1.82) is 0 Å². The molecule has 0 aliphatic carbocycles. The van der Waals surface area contributed by atoms with Crippen LogP contribution < -0.4 is 5.32 Å². The molecule has 0 aromatic heterocycles. The molecule has 0 atom stereocenters. The number of carbonyl (C=O) groups is 1. The molecule has 1 amide bonds. The summed E-state index contributed by atoms with van der Waals surface area (Å²) in [6, 6.07) is 8.79. The normalized spacial score (nSPS) is 11.6. The number of carbonyl (C=O) groups excluding carboxylic acids is 1. The predicted octanol–water partition coefficient (Wildman–Crippen LogP) is 4.15. The Kier molecular flexibility index (Phi) is 5.78. The standard InChI is InChI=1S/C15H13Cl3N2O3S/c1-20(2)24(22,23)13-8-9(6-7-10(13)16)15(21)19-12-5-3-4-11(17)14(12)18/h3-8H,1-2H3,(H,19,21). The van der Waals surface area contributed by atoms with Gasteiger partial charge in [-0.3, -0.25) is 4.79 Å². The van der Waals surface area contributed by atoms with E-state index in [1.165, 1.54) is 32.3 Å². The fraction of sp³-hybridized carbons (Fsp3) is 0.133. The second-order valence-corrected chi connectivity index (χ2v) is 8.30. The number of halogens is 3. The van der Waals surface area contributed by atoms with Crippen molar-refractivity contribution in [2.75, 3.05) is 19.4 Å². The summed E-state index contributed by atoms with van der Waals surface area (Å²) in [7, 11) is -1.02. The average molecular weight is 408 g/mol. The third kappa shape index (κ3) is 3.84. The number of hydrogen-bond donors (Lipinski definition) is 1. The van der Waals surface area contributed by atoms with Crippen LogP contribution in [0.4, 0.5) is 5.69 Å². The first-order chi connectivity index (χ1) is 11.1. The summed E-state index contributed by atoms with van der Waals surface area (Å²) in [5.74, 6) is -0.536. The third-order valence-corrected chi connectivity index (χ3v) is 6.27. The van der Waals surface area contributed by atoms with Gasteiger partial charge in [-0.2, -0.15) is 0 Å². The van der Waals surface area contributed by atoms with Crippen LogP contribution in [-0.2, 0) is 10.0 Å². The summed E-state index contributed by atoms with van der Waals surface area (Å²) in [5.41, 5.74) is 0.442. The molecule has 9 heteroatoms. The molecule has 0 spiro atoms. The van der Waals surface area contributed by atoms with Crippen molar-refractivity contribution >= 4 is 56.4 Å². The molecular weight excluding hydrogens is 395 g/mol. The van der Waals surface area contributed by atoms with Crippen molar-refractivity contribution in [2.24, 2.45) is 0 Å². The van der Waals surface area contributed by atoms with E-state index in [-0.39, 0.29) is 20.5 Å². The van der Waals surface area contributed by atoms with Crippen LogP contribution in [0.25, 0.3) is 0 Å². The quantitative estimate of drug-likeness (QED) is 0.828. The molecule has 0 aliphatic heterocycles. The number of nitrogens with zero attached hydrogens (tertiary/aromatic N) is 1. The zero-order valence-electron chi connectivity index (χ0n) is 12.7. The molecule has 2 rings (SSSR count). The second kappa shape index (κ2) is 7.29.